The van der Waals surface area contributed by atoms with Crippen LogP contribution in [0.2, 0.25) is 0 Å². The van der Waals surface area contributed by atoms with Crippen LogP contribution in [0.5, 0.6) is 0 Å². The van der Waals surface area contributed by atoms with E-state index in [-0.39, 0.29) is 5.97 Å². The Bertz CT molecular complexity index is 428. The molecule has 1 heterocycles. The quantitative estimate of drug-likeness (QED) is 0.473. The number of allylic oxidation sites excluding steroid dienone is 1. The Morgan fingerprint density at radius 1 is 1.35 bits per heavy atom. The van der Waals surface area contributed by atoms with Gasteiger partial charge in [-0.05, 0) is 42.1 Å². The maximum Gasteiger partial charge on any atom is 0.334 e. The van der Waals surface area contributed by atoms with Crippen LogP contribution in [0.25, 0.3) is 0 Å². The van der Waals surface area contributed by atoms with Crippen molar-refractivity contribution in [1.82, 2.24) is 0 Å². The second-order valence-electron chi connectivity index (χ2n) is 6.64. The van der Waals surface area contributed by atoms with Crippen LogP contribution in [0, 0.1) is 17.3 Å². The first-order chi connectivity index (χ1) is 7.96. The van der Waals surface area contributed by atoms with Crippen LogP contribution >= 0.6 is 0 Å². The number of carbonyl (C=O) groups is 1. The van der Waals surface area contributed by atoms with E-state index in [0.717, 1.165) is 18.4 Å². The molecule has 2 atom stereocenters. The van der Waals surface area contributed by atoms with Crippen molar-refractivity contribution < 1.29 is 9.53 Å². The summed E-state index contributed by atoms with van der Waals surface area (Å²) in [6.07, 6.45) is 4.29. The fourth-order valence-corrected chi connectivity index (χ4v) is 3.91. The second kappa shape index (κ2) is 3.47. The second-order valence-corrected chi connectivity index (χ2v) is 6.64. The molecule has 17 heavy (non-hydrogen) atoms. The van der Waals surface area contributed by atoms with Gasteiger partial charge in [-0.3, -0.25) is 0 Å². The summed E-state index contributed by atoms with van der Waals surface area (Å²) in [4.78, 5) is 11.6. The summed E-state index contributed by atoms with van der Waals surface area (Å²) in [6, 6.07) is 0. The topological polar surface area (TPSA) is 26.3 Å². The van der Waals surface area contributed by atoms with Crippen molar-refractivity contribution in [3.8, 4) is 0 Å². The molecule has 2 heteroatoms. The fraction of sp³-hybridized carbons (Fsp3) is 0.667. The normalized spacial score (nSPS) is 35.4. The summed E-state index contributed by atoms with van der Waals surface area (Å²) in [7, 11) is 0. The van der Waals surface area contributed by atoms with E-state index >= 15 is 0 Å². The molecule has 2 nitrogen and oxygen atoms in total. The highest BCUT2D eigenvalue weighted by Gasteiger charge is 2.44. The first-order valence-electron chi connectivity index (χ1n) is 6.52. The summed E-state index contributed by atoms with van der Waals surface area (Å²) >= 11 is 0. The molecule has 0 radical (unpaired) electrons. The molecule has 0 aromatic rings. The minimum absolute atomic E-state index is 0.0969. The summed E-state index contributed by atoms with van der Waals surface area (Å²) in [5.74, 6) is 1.20. The first-order valence-corrected chi connectivity index (χ1v) is 6.52. The summed E-state index contributed by atoms with van der Waals surface area (Å²) < 4.78 is 5.15. The molecule has 1 aliphatic heterocycles. The number of rotatable bonds is 0. The van der Waals surface area contributed by atoms with Crippen molar-refractivity contribution >= 4 is 5.97 Å². The van der Waals surface area contributed by atoms with E-state index < -0.39 is 0 Å². The molecule has 0 amide bonds. The van der Waals surface area contributed by atoms with Crippen LogP contribution in [-0.4, -0.2) is 12.6 Å². The molecule has 0 bridgehead atoms. The van der Waals surface area contributed by atoms with Crippen LogP contribution < -0.4 is 0 Å². The smallest absolute Gasteiger partial charge is 0.334 e. The molecule has 0 unspecified atom stereocenters. The highest BCUT2D eigenvalue weighted by Crippen LogP contribution is 2.53. The first kappa shape index (κ1) is 11.1. The zero-order chi connectivity index (χ0) is 12.2. The fourth-order valence-electron chi connectivity index (χ4n) is 3.91. The zero-order valence-electron chi connectivity index (χ0n) is 10.7. The number of esters is 1. The van der Waals surface area contributed by atoms with Gasteiger partial charge in [0, 0.05) is 12.0 Å². The molecule has 0 saturated heterocycles. The molecule has 0 spiro atoms. The van der Waals surface area contributed by atoms with Crippen molar-refractivity contribution in [3.63, 3.8) is 0 Å². The summed E-state index contributed by atoms with van der Waals surface area (Å²) in [6.45, 7) is 9.46. The average Bonchev–Trinajstić information content (AvgIpc) is 2.68. The number of carbonyl (C=O) groups excluding carboxylic acids is 1. The van der Waals surface area contributed by atoms with Crippen LogP contribution in [0.1, 0.15) is 39.5 Å². The van der Waals surface area contributed by atoms with Gasteiger partial charge >= 0.3 is 5.97 Å². The molecule has 3 rings (SSSR count). The number of hydrogen-bond acceptors (Lipinski definition) is 2. The molecule has 0 N–H and O–H groups in total. The third-order valence-electron chi connectivity index (χ3n) is 4.64. The minimum Gasteiger partial charge on any atom is -0.458 e. The molecule has 3 aliphatic rings. The number of hydrogen-bond donors (Lipinski definition) is 0. The Hall–Kier alpha value is -1.05. The molecule has 92 valence electrons. The van der Waals surface area contributed by atoms with E-state index in [1.807, 2.05) is 0 Å². The molecule has 0 aromatic heterocycles. The van der Waals surface area contributed by atoms with Gasteiger partial charge in [0.15, 0.2) is 0 Å². The SMILES string of the molecule is C=C1CC2=C(COC2=O)C[C@@H]2CC(C)(C)C[C@H]12. The lowest BCUT2D eigenvalue weighted by Crippen LogP contribution is -2.10. The van der Waals surface area contributed by atoms with Crippen molar-refractivity contribution in [2.75, 3.05) is 6.61 Å². The van der Waals surface area contributed by atoms with Gasteiger partial charge < -0.3 is 4.74 Å². The van der Waals surface area contributed by atoms with E-state index in [0.29, 0.717) is 23.9 Å². The third kappa shape index (κ3) is 1.74. The van der Waals surface area contributed by atoms with E-state index in [4.69, 9.17) is 4.74 Å². The average molecular weight is 232 g/mol. The maximum atomic E-state index is 11.6. The highest BCUT2D eigenvalue weighted by atomic mass is 16.5. The van der Waals surface area contributed by atoms with Crippen molar-refractivity contribution in [2.45, 2.75) is 39.5 Å². The van der Waals surface area contributed by atoms with Gasteiger partial charge in [-0.15, -0.1) is 0 Å². The number of ether oxygens (including phenoxy) is 1. The lowest BCUT2D eigenvalue weighted by Gasteiger charge is -2.19. The van der Waals surface area contributed by atoms with Crippen molar-refractivity contribution in [2.24, 2.45) is 17.3 Å². The Morgan fingerprint density at radius 2 is 2.12 bits per heavy atom. The van der Waals surface area contributed by atoms with Crippen molar-refractivity contribution in [1.29, 1.82) is 0 Å². The predicted octanol–water partition coefficient (Wildman–Crippen LogP) is 3.24. The number of cyclic esters (lactones) is 1. The largest absolute Gasteiger partial charge is 0.458 e. The van der Waals surface area contributed by atoms with E-state index in [1.165, 1.54) is 24.0 Å². The molecule has 0 aromatic carbocycles. The van der Waals surface area contributed by atoms with E-state index in [9.17, 15) is 4.79 Å². The Kier molecular flexibility index (Phi) is 2.26. The van der Waals surface area contributed by atoms with Crippen LogP contribution in [0.4, 0.5) is 0 Å². The van der Waals surface area contributed by atoms with E-state index in [2.05, 4.69) is 20.4 Å². The van der Waals surface area contributed by atoms with Crippen molar-refractivity contribution in [3.05, 3.63) is 23.3 Å². The van der Waals surface area contributed by atoms with Crippen LogP contribution in [0.15, 0.2) is 23.3 Å². The monoisotopic (exact) mass is 232 g/mol. The molecule has 1 fully saturated rings. The summed E-state index contributed by atoms with van der Waals surface area (Å²) in [5.41, 5.74) is 3.85. The maximum absolute atomic E-state index is 11.6. The van der Waals surface area contributed by atoms with Gasteiger partial charge in [-0.25, -0.2) is 4.79 Å². The van der Waals surface area contributed by atoms with Crippen LogP contribution in [-0.2, 0) is 9.53 Å². The highest BCUT2D eigenvalue weighted by molar-refractivity contribution is 5.92. The van der Waals surface area contributed by atoms with Gasteiger partial charge in [0.2, 0.25) is 0 Å². The van der Waals surface area contributed by atoms with Gasteiger partial charge in [-0.2, -0.15) is 0 Å². The Morgan fingerprint density at radius 3 is 2.88 bits per heavy atom. The standard InChI is InChI=1S/C15H20O2/c1-9-4-12-11(8-17-14(12)16)5-10-6-15(2,3)7-13(9)10/h10,13H,1,4-8H2,2-3H3/t10-,13-/m1/s1. The summed E-state index contributed by atoms with van der Waals surface area (Å²) in [5, 5.41) is 0. The minimum atomic E-state index is -0.0969. The predicted molar refractivity (Wildman–Crippen MR) is 66.4 cm³/mol. The Balaban J connectivity index is 1.92. The number of fused-ring (bicyclic) bond motifs is 1. The molecule has 2 aliphatic carbocycles. The van der Waals surface area contributed by atoms with Gasteiger partial charge in [0.25, 0.3) is 0 Å². The molecular formula is C15H20O2. The van der Waals surface area contributed by atoms with Gasteiger partial charge in [0.1, 0.15) is 6.61 Å². The Labute approximate surface area is 103 Å². The van der Waals surface area contributed by atoms with Gasteiger partial charge in [-0.1, -0.05) is 26.0 Å². The third-order valence-corrected chi connectivity index (χ3v) is 4.64. The lowest BCUT2D eigenvalue weighted by molar-refractivity contribution is -0.136. The van der Waals surface area contributed by atoms with E-state index in [1.54, 1.807) is 0 Å². The zero-order valence-corrected chi connectivity index (χ0v) is 10.7. The van der Waals surface area contributed by atoms with Gasteiger partial charge in [0.05, 0.1) is 0 Å². The molecular weight excluding hydrogens is 212 g/mol. The lowest BCUT2D eigenvalue weighted by atomic mass is 9.86. The van der Waals surface area contributed by atoms with Crippen LogP contribution in [0.3, 0.4) is 0 Å². The molecule has 1 saturated carbocycles.